The summed E-state index contributed by atoms with van der Waals surface area (Å²) in [5.41, 5.74) is -0.0948. The van der Waals surface area contributed by atoms with Crippen molar-refractivity contribution < 1.29 is 14.6 Å². The van der Waals surface area contributed by atoms with Gasteiger partial charge in [-0.25, -0.2) is 4.98 Å². The molecule has 1 aliphatic rings. The molecule has 1 aromatic heterocycles. The van der Waals surface area contributed by atoms with Crippen LogP contribution in [0, 0.1) is 5.41 Å². The molecule has 1 fully saturated rings. The highest BCUT2D eigenvalue weighted by Crippen LogP contribution is 2.36. The van der Waals surface area contributed by atoms with Gasteiger partial charge in [-0.3, -0.25) is 4.79 Å². The van der Waals surface area contributed by atoms with E-state index in [1.807, 2.05) is 0 Å². The van der Waals surface area contributed by atoms with E-state index in [9.17, 15) is 9.90 Å². The van der Waals surface area contributed by atoms with E-state index in [2.05, 4.69) is 4.98 Å². The van der Waals surface area contributed by atoms with Crippen LogP contribution in [0.15, 0.2) is 12.3 Å². The SMILES string of the molecule is O=C(O)C1(Cc2cnc(Cl)cc2Cl)CCOCC1. The van der Waals surface area contributed by atoms with E-state index < -0.39 is 11.4 Å². The van der Waals surface area contributed by atoms with E-state index in [4.69, 9.17) is 27.9 Å². The minimum atomic E-state index is -0.809. The Hall–Kier alpha value is -0.840. The molecule has 0 spiro atoms. The third kappa shape index (κ3) is 2.76. The highest BCUT2D eigenvalue weighted by Gasteiger charge is 2.40. The topological polar surface area (TPSA) is 59.4 Å². The van der Waals surface area contributed by atoms with Crippen molar-refractivity contribution in [1.29, 1.82) is 0 Å². The van der Waals surface area contributed by atoms with Gasteiger partial charge >= 0.3 is 5.97 Å². The normalized spacial score (nSPS) is 18.6. The highest BCUT2D eigenvalue weighted by molar-refractivity contribution is 6.34. The lowest BCUT2D eigenvalue weighted by molar-refractivity contribution is -0.154. The molecular weight excluding hydrogens is 277 g/mol. The minimum Gasteiger partial charge on any atom is -0.481 e. The second-order valence-corrected chi connectivity index (χ2v) is 5.27. The van der Waals surface area contributed by atoms with Gasteiger partial charge in [0.15, 0.2) is 0 Å². The number of carbonyl (C=O) groups is 1. The van der Waals surface area contributed by atoms with Crippen molar-refractivity contribution in [3.8, 4) is 0 Å². The largest absolute Gasteiger partial charge is 0.481 e. The Labute approximate surface area is 115 Å². The predicted molar refractivity (Wildman–Crippen MR) is 68.1 cm³/mol. The van der Waals surface area contributed by atoms with Gasteiger partial charge in [0.05, 0.1) is 5.41 Å². The molecule has 1 aliphatic heterocycles. The lowest BCUT2D eigenvalue weighted by Crippen LogP contribution is -2.39. The van der Waals surface area contributed by atoms with Gasteiger partial charge in [-0.05, 0) is 30.9 Å². The maximum Gasteiger partial charge on any atom is 0.310 e. The molecule has 6 heteroatoms. The maximum absolute atomic E-state index is 11.5. The summed E-state index contributed by atoms with van der Waals surface area (Å²) in [7, 11) is 0. The average Bonchev–Trinajstić information content (AvgIpc) is 2.34. The first-order valence-corrected chi connectivity index (χ1v) is 6.40. The van der Waals surface area contributed by atoms with Gasteiger partial charge in [0.2, 0.25) is 0 Å². The number of ether oxygens (including phenoxy) is 1. The van der Waals surface area contributed by atoms with Crippen molar-refractivity contribution in [2.75, 3.05) is 13.2 Å². The van der Waals surface area contributed by atoms with Gasteiger partial charge in [0.25, 0.3) is 0 Å². The van der Waals surface area contributed by atoms with E-state index >= 15 is 0 Å². The molecule has 1 aromatic rings. The van der Waals surface area contributed by atoms with Crippen LogP contribution in [0.3, 0.4) is 0 Å². The smallest absolute Gasteiger partial charge is 0.310 e. The second-order valence-electron chi connectivity index (χ2n) is 4.47. The van der Waals surface area contributed by atoms with Crippen LogP contribution in [-0.4, -0.2) is 29.3 Å². The monoisotopic (exact) mass is 289 g/mol. The van der Waals surface area contributed by atoms with Crippen LogP contribution < -0.4 is 0 Å². The first-order chi connectivity index (χ1) is 8.53. The fourth-order valence-electron chi connectivity index (χ4n) is 2.16. The molecule has 0 bridgehead atoms. The first-order valence-electron chi connectivity index (χ1n) is 5.65. The van der Waals surface area contributed by atoms with Crippen LogP contribution in [0.4, 0.5) is 0 Å². The number of aliphatic carboxylic acids is 1. The molecule has 0 aliphatic carbocycles. The zero-order chi connectivity index (χ0) is 13.2. The molecule has 0 radical (unpaired) electrons. The molecule has 0 aromatic carbocycles. The average molecular weight is 290 g/mol. The van der Waals surface area contributed by atoms with Gasteiger partial charge in [0.1, 0.15) is 5.15 Å². The molecule has 0 unspecified atom stereocenters. The van der Waals surface area contributed by atoms with Crippen molar-refractivity contribution in [1.82, 2.24) is 4.98 Å². The molecule has 1 saturated heterocycles. The van der Waals surface area contributed by atoms with Gasteiger partial charge in [0, 0.05) is 24.4 Å². The van der Waals surface area contributed by atoms with Crippen molar-refractivity contribution >= 4 is 29.2 Å². The molecule has 0 amide bonds. The van der Waals surface area contributed by atoms with Crippen LogP contribution in [-0.2, 0) is 16.0 Å². The van der Waals surface area contributed by atoms with E-state index in [0.717, 1.165) is 0 Å². The predicted octanol–water partition coefficient (Wildman–Crippen LogP) is 2.81. The Morgan fingerprint density at radius 3 is 2.67 bits per heavy atom. The van der Waals surface area contributed by atoms with Crippen LogP contribution in [0.5, 0.6) is 0 Å². The summed E-state index contributed by atoms with van der Waals surface area (Å²) in [6.07, 6.45) is 2.88. The number of carboxylic acid groups (broad SMARTS) is 1. The summed E-state index contributed by atoms with van der Waals surface area (Å²) in [6.45, 7) is 0.926. The summed E-state index contributed by atoms with van der Waals surface area (Å²) < 4.78 is 5.23. The molecule has 0 atom stereocenters. The number of carboxylic acids is 1. The number of nitrogens with zero attached hydrogens (tertiary/aromatic N) is 1. The summed E-state index contributed by atoms with van der Waals surface area (Å²) in [4.78, 5) is 15.5. The van der Waals surface area contributed by atoms with Gasteiger partial charge in [-0.1, -0.05) is 23.2 Å². The summed E-state index contributed by atoms with van der Waals surface area (Å²) >= 11 is 11.8. The lowest BCUT2D eigenvalue weighted by Gasteiger charge is -2.33. The third-order valence-electron chi connectivity index (χ3n) is 3.33. The second kappa shape index (κ2) is 5.43. The number of hydrogen-bond donors (Lipinski definition) is 1. The number of halogens is 2. The van der Waals surface area contributed by atoms with Crippen molar-refractivity contribution in [2.24, 2.45) is 5.41 Å². The molecule has 18 heavy (non-hydrogen) atoms. The van der Waals surface area contributed by atoms with Gasteiger partial charge in [-0.2, -0.15) is 0 Å². The quantitative estimate of drug-likeness (QED) is 0.870. The molecule has 0 saturated carbocycles. The number of aromatic nitrogens is 1. The van der Waals surface area contributed by atoms with E-state index in [0.29, 0.717) is 48.2 Å². The van der Waals surface area contributed by atoms with Crippen LogP contribution in [0.1, 0.15) is 18.4 Å². The van der Waals surface area contributed by atoms with E-state index in [1.54, 1.807) is 6.20 Å². The number of pyridine rings is 1. The summed E-state index contributed by atoms with van der Waals surface area (Å²) in [5.74, 6) is -0.809. The fraction of sp³-hybridized carbons (Fsp3) is 0.500. The lowest BCUT2D eigenvalue weighted by atomic mass is 9.75. The fourth-order valence-corrected chi connectivity index (χ4v) is 2.59. The molecule has 2 heterocycles. The zero-order valence-corrected chi connectivity index (χ0v) is 11.2. The Morgan fingerprint density at radius 1 is 1.44 bits per heavy atom. The number of hydrogen-bond acceptors (Lipinski definition) is 3. The molecule has 4 nitrogen and oxygen atoms in total. The Kier molecular flexibility index (Phi) is 4.10. The maximum atomic E-state index is 11.5. The molecular formula is C12H13Cl2NO3. The van der Waals surface area contributed by atoms with Crippen molar-refractivity contribution in [2.45, 2.75) is 19.3 Å². The molecule has 1 N–H and O–H groups in total. The Morgan fingerprint density at radius 2 is 2.11 bits per heavy atom. The molecule has 98 valence electrons. The highest BCUT2D eigenvalue weighted by atomic mass is 35.5. The number of rotatable bonds is 3. The van der Waals surface area contributed by atoms with Crippen LogP contribution in [0.25, 0.3) is 0 Å². The zero-order valence-electron chi connectivity index (χ0n) is 9.66. The standard InChI is InChI=1S/C12H13Cl2NO3/c13-9-5-10(14)15-7-8(9)6-12(11(16)17)1-3-18-4-2-12/h5,7H,1-4,6H2,(H,16,17). The third-order valence-corrected chi connectivity index (χ3v) is 3.89. The van der Waals surface area contributed by atoms with Gasteiger partial charge < -0.3 is 9.84 Å². The van der Waals surface area contributed by atoms with Gasteiger partial charge in [-0.15, -0.1) is 0 Å². The minimum absolute atomic E-state index is 0.306. The molecule has 2 rings (SSSR count). The van der Waals surface area contributed by atoms with Crippen molar-refractivity contribution in [3.05, 3.63) is 28.0 Å². The summed E-state index contributed by atoms with van der Waals surface area (Å²) in [6, 6.07) is 1.54. The van der Waals surface area contributed by atoms with E-state index in [1.165, 1.54) is 6.07 Å². The summed E-state index contributed by atoms with van der Waals surface area (Å²) in [5, 5.41) is 10.2. The van der Waals surface area contributed by atoms with Crippen molar-refractivity contribution in [3.63, 3.8) is 0 Å². The Balaban J connectivity index is 2.26. The van der Waals surface area contributed by atoms with E-state index in [-0.39, 0.29) is 0 Å². The first kappa shape index (κ1) is 13.6. The Bertz CT molecular complexity index is 459. The van der Waals surface area contributed by atoms with Crippen LogP contribution >= 0.6 is 23.2 Å². The van der Waals surface area contributed by atoms with Crippen LogP contribution in [0.2, 0.25) is 10.2 Å².